The van der Waals surface area contributed by atoms with Gasteiger partial charge in [0.25, 0.3) is 0 Å². The average Bonchev–Trinajstić information content (AvgIpc) is 2.65. The minimum Gasteiger partial charge on any atom is -0.497 e. The Labute approximate surface area is 161 Å². The Bertz CT molecular complexity index is 697. The molecule has 0 aromatic heterocycles. The molecule has 1 fully saturated rings. The molecule has 1 aromatic carbocycles. The summed E-state index contributed by atoms with van der Waals surface area (Å²) in [4.78, 5) is 0. The van der Waals surface area contributed by atoms with Crippen LogP contribution in [0.15, 0.2) is 42.3 Å². The first-order valence-electron chi connectivity index (χ1n) is 8.88. The smallest absolute Gasteiger partial charge is 0.167 e. The number of aliphatic hydroxyl groups excluding tert-OH is 1. The number of methoxy groups -OCH3 is 1. The van der Waals surface area contributed by atoms with E-state index in [0.717, 1.165) is 11.3 Å². The van der Waals surface area contributed by atoms with Gasteiger partial charge in [0.05, 0.1) is 20.3 Å². The van der Waals surface area contributed by atoms with Gasteiger partial charge in [-0.1, -0.05) is 24.4 Å². The quantitative estimate of drug-likeness (QED) is 0.430. The minimum absolute atomic E-state index is 0.284. The topological polar surface area (TPSA) is 57.2 Å². The highest BCUT2D eigenvalue weighted by atomic mass is 16.7. The van der Waals surface area contributed by atoms with Gasteiger partial charge in [-0.05, 0) is 38.0 Å². The van der Waals surface area contributed by atoms with Gasteiger partial charge >= 0.3 is 0 Å². The van der Waals surface area contributed by atoms with E-state index in [2.05, 4.69) is 18.2 Å². The van der Waals surface area contributed by atoms with E-state index in [1.807, 2.05) is 38.1 Å². The zero-order chi connectivity index (χ0) is 19.9. The molecule has 0 bridgehead atoms. The summed E-state index contributed by atoms with van der Waals surface area (Å²) in [5, 5.41) is 10.7. The lowest BCUT2D eigenvalue weighted by atomic mass is 9.79. The molecule has 1 atom stereocenters. The zero-order valence-electron chi connectivity index (χ0n) is 16.3. The standard InChI is InChI=1S/C22H28O5/c1-6-12-22(15-26-21(3,4)27-16-22)13-19(23)20(7-2)25-14-17-8-10-18(24-5)11-9-17/h1,8-11,19,23H,2,12-16H2,3-5H3. The number of benzene rings is 1. The van der Waals surface area contributed by atoms with E-state index < -0.39 is 17.3 Å². The van der Waals surface area contributed by atoms with Crippen molar-refractivity contribution >= 4 is 0 Å². The van der Waals surface area contributed by atoms with Crippen molar-refractivity contribution in [2.45, 2.75) is 45.2 Å². The third-order valence-electron chi connectivity index (χ3n) is 4.59. The van der Waals surface area contributed by atoms with Gasteiger partial charge < -0.3 is 24.1 Å². The van der Waals surface area contributed by atoms with E-state index in [1.54, 1.807) is 7.11 Å². The van der Waals surface area contributed by atoms with Gasteiger partial charge in [-0.25, -0.2) is 0 Å². The summed E-state index contributed by atoms with van der Waals surface area (Å²) in [7, 11) is 1.62. The molecule has 27 heavy (non-hydrogen) atoms. The Hall–Kier alpha value is -2.22. The Morgan fingerprint density at radius 3 is 2.44 bits per heavy atom. The molecule has 2 rings (SSSR count). The van der Waals surface area contributed by atoms with E-state index in [9.17, 15) is 5.11 Å². The van der Waals surface area contributed by atoms with Crippen LogP contribution in [0.5, 0.6) is 5.75 Å². The van der Waals surface area contributed by atoms with Crippen LogP contribution in [0.2, 0.25) is 0 Å². The fourth-order valence-electron chi connectivity index (χ4n) is 2.90. The zero-order valence-corrected chi connectivity index (χ0v) is 16.3. The summed E-state index contributed by atoms with van der Waals surface area (Å²) in [6.45, 7) is 8.46. The van der Waals surface area contributed by atoms with Gasteiger partial charge in [-0.3, -0.25) is 0 Å². The number of terminal acetylenes is 1. The molecule has 1 unspecified atom stereocenters. The van der Waals surface area contributed by atoms with Crippen molar-refractivity contribution in [2.75, 3.05) is 20.3 Å². The van der Waals surface area contributed by atoms with Crippen molar-refractivity contribution in [3.63, 3.8) is 0 Å². The number of hydrogen-bond acceptors (Lipinski definition) is 5. The van der Waals surface area contributed by atoms with Crippen LogP contribution in [0.25, 0.3) is 0 Å². The van der Waals surface area contributed by atoms with Gasteiger partial charge in [-0.2, -0.15) is 0 Å². The van der Waals surface area contributed by atoms with Gasteiger partial charge in [0.2, 0.25) is 0 Å². The first-order chi connectivity index (χ1) is 12.8. The van der Waals surface area contributed by atoms with Crippen molar-refractivity contribution in [1.82, 2.24) is 0 Å². The fourth-order valence-corrected chi connectivity index (χ4v) is 2.90. The maximum absolute atomic E-state index is 10.7. The normalized spacial score (nSPS) is 18.6. The minimum atomic E-state index is -0.900. The molecule has 1 N–H and O–H groups in total. The number of ether oxygens (including phenoxy) is 4. The fraction of sp³-hybridized carbons (Fsp3) is 0.500. The van der Waals surface area contributed by atoms with Gasteiger partial charge in [-0.15, -0.1) is 12.3 Å². The molecule has 0 spiro atoms. The number of rotatable bonds is 8. The Morgan fingerprint density at radius 2 is 1.93 bits per heavy atom. The molecular formula is C22H28O5. The third-order valence-corrected chi connectivity index (χ3v) is 4.59. The highest BCUT2D eigenvalue weighted by molar-refractivity contribution is 5.26. The van der Waals surface area contributed by atoms with Crippen LogP contribution in [-0.2, 0) is 20.8 Å². The van der Waals surface area contributed by atoms with Crippen LogP contribution in [0.4, 0.5) is 0 Å². The Morgan fingerprint density at radius 1 is 1.30 bits per heavy atom. The van der Waals surface area contributed by atoms with Crippen molar-refractivity contribution in [3.05, 3.63) is 47.9 Å². The molecule has 5 heteroatoms. The summed E-state index contributed by atoms with van der Waals surface area (Å²) in [5.41, 5.74) is 3.16. The second kappa shape index (κ2) is 9.12. The van der Waals surface area contributed by atoms with Gasteiger partial charge in [0.15, 0.2) is 11.5 Å². The van der Waals surface area contributed by atoms with Crippen LogP contribution in [0.1, 0.15) is 32.3 Å². The van der Waals surface area contributed by atoms with Crippen LogP contribution < -0.4 is 4.74 Å². The van der Waals surface area contributed by atoms with Crippen molar-refractivity contribution in [3.8, 4) is 18.1 Å². The number of aliphatic hydroxyl groups is 1. The van der Waals surface area contributed by atoms with Gasteiger partial charge in [0.1, 0.15) is 18.5 Å². The SMILES string of the molecule is C#CCC1(CC(O)C(=C=C)OCc2ccc(OC)cc2)COC(C)(C)OC1. The molecular weight excluding hydrogens is 344 g/mol. The van der Waals surface area contributed by atoms with Crippen LogP contribution >= 0.6 is 0 Å². The third kappa shape index (κ3) is 5.89. The summed E-state index contributed by atoms with van der Waals surface area (Å²) < 4.78 is 22.4. The van der Waals surface area contributed by atoms with Crippen LogP contribution in [0, 0.1) is 17.8 Å². The average molecular weight is 372 g/mol. The lowest BCUT2D eigenvalue weighted by Crippen LogP contribution is -2.48. The number of hydrogen-bond donors (Lipinski definition) is 1. The molecule has 0 aliphatic carbocycles. The monoisotopic (exact) mass is 372 g/mol. The maximum Gasteiger partial charge on any atom is 0.167 e. The van der Waals surface area contributed by atoms with E-state index in [-0.39, 0.29) is 5.76 Å². The van der Waals surface area contributed by atoms with Crippen LogP contribution in [0.3, 0.4) is 0 Å². The van der Waals surface area contributed by atoms with E-state index in [0.29, 0.717) is 32.7 Å². The molecule has 1 aliphatic heterocycles. The van der Waals surface area contributed by atoms with Gasteiger partial charge in [0, 0.05) is 11.8 Å². The molecule has 5 nitrogen and oxygen atoms in total. The highest BCUT2D eigenvalue weighted by Gasteiger charge is 2.41. The molecule has 1 heterocycles. The predicted molar refractivity (Wildman–Crippen MR) is 103 cm³/mol. The Kier molecular flexibility index (Phi) is 7.12. The largest absolute Gasteiger partial charge is 0.497 e. The first-order valence-corrected chi connectivity index (χ1v) is 8.88. The van der Waals surface area contributed by atoms with Crippen molar-refractivity contribution in [2.24, 2.45) is 5.41 Å². The summed E-state index contributed by atoms with van der Waals surface area (Å²) in [6, 6.07) is 7.51. The Balaban J connectivity index is 1.99. The lowest BCUT2D eigenvalue weighted by molar-refractivity contribution is -0.288. The summed E-state index contributed by atoms with van der Waals surface area (Å²) >= 11 is 0. The molecule has 1 aromatic rings. The van der Waals surface area contributed by atoms with E-state index >= 15 is 0 Å². The molecule has 1 saturated heterocycles. The predicted octanol–water partition coefficient (Wildman–Crippen LogP) is 3.42. The van der Waals surface area contributed by atoms with Crippen LogP contribution in [-0.4, -0.2) is 37.3 Å². The highest BCUT2D eigenvalue weighted by Crippen LogP contribution is 2.37. The lowest BCUT2D eigenvalue weighted by Gasteiger charge is -2.43. The first kappa shape index (κ1) is 21.1. The molecule has 146 valence electrons. The van der Waals surface area contributed by atoms with Crippen molar-refractivity contribution in [1.29, 1.82) is 0 Å². The van der Waals surface area contributed by atoms with E-state index in [4.69, 9.17) is 25.4 Å². The van der Waals surface area contributed by atoms with Crippen molar-refractivity contribution < 1.29 is 24.1 Å². The second-order valence-corrected chi connectivity index (χ2v) is 7.26. The van der Waals surface area contributed by atoms with E-state index in [1.165, 1.54) is 0 Å². The molecule has 0 radical (unpaired) electrons. The molecule has 1 aliphatic rings. The molecule has 0 amide bonds. The maximum atomic E-state index is 10.7. The summed E-state index contributed by atoms with van der Waals surface area (Å²) in [6.07, 6.45) is 5.41. The molecule has 0 saturated carbocycles. The summed E-state index contributed by atoms with van der Waals surface area (Å²) in [5.74, 6) is 3.08. The second-order valence-electron chi connectivity index (χ2n) is 7.26.